The Hall–Kier alpha value is -7.99. The van der Waals surface area contributed by atoms with Crippen LogP contribution in [0.1, 0.15) is 0 Å². The standard InChI is InChI=1S/C57H36N4S/c1-4-15-37(16-5-1)41-19-12-21-43(35-41)56-58-55(59-57(60-56)44-22-13-20-42(36-44)38-17-6-2-7-18-38)40-31-29-39(30-32-40)46-26-14-27-49-50-34-33-48-47-25-10-11-28-51(47)61(45-23-8-3-9-24-45)52(48)54(50)62-53(46)49/h1-36H. The van der Waals surface area contributed by atoms with Crippen LogP contribution in [0.4, 0.5) is 0 Å². The topological polar surface area (TPSA) is 43.6 Å². The second kappa shape index (κ2) is 14.9. The van der Waals surface area contributed by atoms with E-state index in [4.69, 9.17) is 15.0 Å². The van der Waals surface area contributed by atoms with E-state index in [1.54, 1.807) is 0 Å². The first kappa shape index (κ1) is 35.9. The number of nitrogens with zero attached hydrogens (tertiary/aromatic N) is 4. The SMILES string of the molecule is c1ccc(-c2cccc(-c3nc(-c4ccc(-c5cccc6c5sc5c6ccc6c7ccccc7n(-c7ccccc7)c65)cc4)nc(-c4cccc(-c5ccccc5)c4)n3)c2)cc1. The molecule has 62 heavy (non-hydrogen) atoms. The molecule has 3 aromatic heterocycles. The highest BCUT2D eigenvalue weighted by atomic mass is 32.1. The summed E-state index contributed by atoms with van der Waals surface area (Å²) in [4.78, 5) is 15.4. The third-order valence-corrected chi connectivity index (χ3v) is 13.1. The molecule has 12 aromatic rings. The number of benzene rings is 9. The summed E-state index contributed by atoms with van der Waals surface area (Å²) >= 11 is 1.88. The van der Waals surface area contributed by atoms with Gasteiger partial charge in [-0.15, -0.1) is 11.3 Å². The lowest BCUT2D eigenvalue weighted by Gasteiger charge is -2.11. The second-order valence-corrected chi connectivity index (χ2v) is 16.6. The Bertz CT molecular complexity index is 3510. The number of thiophene rings is 1. The van der Waals surface area contributed by atoms with E-state index in [2.05, 4.69) is 211 Å². The van der Waals surface area contributed by atoms with Gasteiger partial charge in [0.1, 0.15) is 0 Å². The lowest BCUT2D eigenvalue weighted by atomic mass is 10.0. The van der Waals surface area contributed by atoms with Crippen LogP contribution in [0.5, 0.6) is 0 Å². The molecule has 4 nitrogen and oxygen atoms in total. The zero-order valence-corrected chi connectivity index (χ0v) is 34.3. The van der Waals surface area contributed by atoms with Crippen LogP contribution in [0.3, 0.4) is 0 Å². The van der Waals surface area contributed by atoms with Crippen molar-refractivity contribution in [1.29, 1.82) is 0 Å². The van der Waals surface area contributed by atoms with Crippen LogP contribution >= 0.6 is 11.3 Å². The van der Waals surface area contributed by atoms with Crippen LogP contribution in [0.2, 0.25) is 0 Å². The van der Waals surface area contributed by atoms with Gasteiger partial charge in [-0.3, -0.25) is 0 Å². The van der Waals surface area contributed by atoms with E-state index in [0.717, 1.165) is 50.2 Å². The van der Waals surface area contributed by atoms with Gasteiger partial charge in [-0.1, -0.05) is 188 Å². The maximum absolute atomic E-state index is 5.15. The first-order valence-electron chi connectivity index (χ1n) is 20.8. The molecule has 12 rings (SSSR count). The molecule has 0 fully saturated rings. The van der Waals surface area contributed by atoms with Crippen LogP contribution in [0.15, 0.2) is 218 Å². The number of fused-ring (bicyclic) bond motifs is 7. The van der Waals surface area contributed by atoms with Gasteiger partial charge < -0.3 is 4.57 Å². The summed E-state index contributed by atoms with van der Waals surface area (Å²) in [5.41, 5.74) is 13.3. The Morgan fingerprint density at radius 3 is 1.42 bits per heavy atom. The largest absolute Gasteiger partial charge is 0.308 e. The molecule has 0 radical (unpaired) electrons. The molecule has 0 saturated carbocycles. The molecular weight excluding hydrogens is 773 g/mol. The van der Waals surface area contributed by atoms with Crippen LogP contribution in [0, 0.1) is 0 Å². The number of hydrogen-bond donors (Lipinski definition) is 0. The summed E-state index contributed by atoms with van der Waals surface area (Å²) in [7, 11) is 0. The molecule has 290 valence electrons. The van der Waals surface area contributed by atoms with Gasteiger partial charge in [0.15, 0.2) is 17.5 Å². The Morgan fingerprint density at radius 2 is 0.774 bits per heavy atom. The van der Waals surface area contributed by atoms with Gasteiger partial charge in [-0.25, -0.2) is 15.0 Å². The van der Waals surface area contributed by atoms with Crippen molar-refractivity contribution in [1.82, 2.24) is 19.5 Å². The molecule has 0 amide bonds. The van der Waals surface area contributed by atoms with Crippen molar-refractivity contribution in [2.24, 2.45) is 0 Å². The normalized spacial score (nSPS) is 11.5. The van der Waals surface area contributed by atoms with E-state index >= 15 is 0 Å². The number of para-hydroxylation sites is 2. The molecule has 0 aliphatic carbocycles. The van der Waals surface area contributed by atoms with Crippen molar-refractivity contribution in [3.8, 4) is 73.2 Å². The molecule has 0 aliphatic heterocycles. The second-order valence-electron chi connectivity index (χ2n) is 15.6. The molecule has 0 spiro atoms. The third kappa shape index (κ3) is 6.18. The number of rotatable bonds is 7. The molecule has 0 saturated heterocycles. The van der Waals surface area contributed by atoms with Gasteiger partial charge in [0.05, 0.1) is 15.7 Å². The molecule has 0 N–H and O–H groups in total. The van der Waals surface area contributed by atoms with Crippen molar-refractivity contribution in [3.63, 3.8) is 0 Å². The Morgan fingerprint density at radius 1 is 0.306 bits per heavy atom. The van der Waals surface area contributed by atoms with Crippen molar-refractivity contribution < 1.29 is 0 Å². The zero-order chi connectivity index (χ0) is 41.0. The van der Waals surface area contributed by atoms with Crippen LogP contribution in [0.25, 0.3) is 115 Å². The van der Waals surface area contributed by atoms with Crippen molar-refractivity contribution in [2.45, 2.75) is 0 Å². The van der Waals surface area contributed by atoms with E-state index in [9.17, 15) is 0 Å². The molecule has 9 aromatic carbocycles. The van der Waals surface area contributed by atoms with Gasteiger partial charge in [0.2, 0.25) is 0 Å². The van der Waals surface area contributed by atoms with Gasteiger partial charge in [0.25, 0.3) is 0 Å². The average Bonchev–Trinajstić information content (AvgIpc) is 3.91. The minimum Gasteiger partial charge on any atom is -0.308 e. The molecule has 0 bridgehead atoms. The fourth-order valence-electron chi connectivity index (χ4n) is 8.88. The smallest absolute Gasteiger partial charge is 0.164 e. The quantitative estimate of drug-likeness (QED) is 0.161. The van der Waals surface area contributed by atoms with Crippen molar-refractivity contribution in [3.05, 3.63) is 218 Å². The van der Waals surface area contributed by atoms with Gasteiger partial charge in [-0.05, 0) is 63.7 Å². The minimum atomic E-state index is 0.628. The Labute approximate surface area is 362 Å². The highest BCUT2D eigenvalue weighted by molar-refractivity contribution is 7.27. The lowest BCUT2D eigenvalue weighted by Crippen LogP contribution is -2.00. The Balaban J connectivity index is 0.984. The summed E-state index contributed by atoms with van der Waals surface area (Å²) in [6.45, 7) is 0. The van der Waals surface area contributed by atoms with Crippen LogP contribution in [-0.2, 0) is 0 Å². The molecule has 0 unspecified atom stereocenters. The van der Waals surface area contributed by atoms with E-state index in [0.29, 0.717) is 17.5 Å². The van der Waals surface area contributed by atoms with E-state index < -0.39 is 0 Å². The summed E-state index contributed by atoms with van der Waals surface area (Å²) in [6, 6.07) is 77.3. The molecule has 3 heterocycles. The van der Waals surface area contributed by atoms with E-state index in [-0.39, 0.29) is 0 Å². The highest BCUT2D eigenvalue weighted by Crippen LogP contribution is 2.46. The molecule has 0 aliphatic rings. The van der Waals surface area contributed by atoms with E-state index in [1.807, 2.05) is 23.5 Å². The summed E-state index contributed by atoms with van der Waals surface area (Å²) in [5, 5.41) is 5.07. The maximum Gasteiger partial charge on any atom is 0.164 e. The van der Waals surface area contributed by atoms with E-state index in [1.165, 1.54) is 47.5 Å². The maximum atomic E-state index is 5.15. The van der Waals surface area contributed by atoms with Crippen molar-refractivity contribution in [2.75, 3.05) is 0 Å². The fourth-order valence-corrected chi connectivity index (χ4v) is 10.2. The third-order valence-electron chi connectivity index (χ3n) is 11.9. The summed E-state index contributed by atoms with van der Waals surface area (Å²) in [6.07, 6.45) is 0. The molecular formula is C57H36N4S. The van der Waals surface area contributed by atoms with Gasteiger partial charge in [0, 0.05) is 48.6 Å². The predicted molar refractivity (Wildman–Crippen MR) is 260 cm³/mol. The monoisotopic (exact) mass is 808 g/mol. The van der Waals surface area contributed by atoms with Crippen LogP contribution in [-0.4, -0.2) is 19.5 Å². The summed E-state index contributed by atoms with van der Waals surface area (Å²) < 4.78 is 5.00. The summed E-state index contributed by atoms with van der Waals surface area (Å²) in [5.74, 6) is 1.89. The lowest BCUT2D eigenvalue weighted by molar-refractivity contribution is 1.07. The Kier molecular flexibility index (Phi) is 8.65. The minimum absolute atomic E-state index is 0.628. The van der Waals surface area contributed by atoms with Crippen molar-refractivity contribution >= 4 is 53.3 Å². The number of hydrogen-bond acceptors (Lipinski definition) is 4. The first-order valence-corrected chi connectivity index (χ1v) is 21.7. The molecule has 5 heteroatoms. The average molecular weight is 809 g/mol. The molecule has 0 atom stereocenters. The number of aromatic nitrogens is 4. The fraction of sp³-hybridized carbons (Fsp3) is 0. The van der Waals surface area contributed by atoms with Gasteiger partial charge in [-0.2, -0.15) is 0 Å². The first-order chi connectivity index (χ1) is 30.7. The highest BCUT2D eigenvalue weighted by Gasteiger charge is 2.20. The predicted octanol–water partition coefficient (Wildman–Crippen LogP) is 15.3. The van der Waals surface area contributed by atoms with Gasteiger partial charge >= 0.3 is 0 Å². The van der Waals surface area contributed by atoms with Crippen LogP contribution < -0.4 is 0 Å². The zero-order valence-electron chi connectivity index (χ0n) is 33.5.